The zero-order valence-electron chi connectivity index (χ0n) is 9.72. The fourth-order valence-corrected chi connectivity index (χ4v) is 2.05. The minimum absolute atomic E-state index is 0.842. The van der Waals surface area contributed by atoms with Crippen molar-refractivity contribution in [2.45, 2.75) is 6.92 Å². The minimum Gasteiger partial charge on any atom is -0.495 e. The van der Waals surface area contributed by atoms with Crippen LogP contribution in [-0.2, 0) is 0 Å². The molecule has 0 fully saturated rings. The Kier molecular flexibility index (Phi) is 3.83. The number of halogens is 1. The molecular weight excluding hydrogens is 327 g/mol. The molecule has 0 N–H and O–H groups in total. The van der Waals surface area contributed by atoms with Gasteiger partial charge in [-0.25, -0.2) is 4.98 Å². The molecule has 0 saturated heterocycles. The van der Waals surface area contributed by atoms with Crippen LogP contribution in [-0.4, -0.2) is 16.7 Å². The first-order chi connectivity index (χ1) is 8.24. The fourth-order valence-electron chi connectivity index (χ4n) is 1.64. The lowest BCUT2D eigenvalue weighted by atomic mass is 10.2. The third kappa shape index (κ3) is 2.69. The van der Waals surface area contributed by atoms with E-state index in [4.69, 9.17) is 4.74 Å². The maximum Gasteiger partial charge on any atom is 0.143 e. The van der Waals surface area contributed by atoms with Gasteiger partial charge in [-0.05, 0) is 34.8 Å². The van der Waals surface area contributed by atoms with E-state index in [1.807, 2.05) is 40.0 Å². The van der Waals surface area contributed by atoms with Gasteiger partial charge in [0, 0.05) is 6.20 Å². The zero-order chi connectivity index (χ0) is 12.3. The predicted octanol–water partition coefficient (Wildman–Crippen LogP) is 3.60. The number of hydrogen-bond acceptors (Lipinski definition) is 2. The summed E-state index contributed by atoms with van der Waals surface area (Å²) in [4.78, 5) is 4.22. The van der Waals surface area contributed by atoms with Gasteiger partial charge >= 0.3 is 0 Å². The van der Waals surface area contributed by atoms with Crippen LogP contribution in [0.5, 0.6) is 5.75 Å². The molecule has 1 aromatic carbocycles. The van der Waals surface area contributed by atoms with Gasteiger partial charge in [-0.1, -0.05) is 28.7 Å². The summed E-state index contributed by atoms with van der Waals surface area (Å²) in [5.74, 6) is 0.842. The summed E-state index contributed by atoms with van der Waals surface area (Å²) in [7, 11) is 1.68. The van der Waals surface area contributed by atoms with Crippen LogP contribution in [0.4, 0.5) is 0 Å². The highest BCUT2D eigenvalue weighted by molar-refractivity contribution is 14.1. The summed E-state index contributed by atoms with van der Waals surface area (Å²) >= 11 is 2.20. The Labute approximate surface area is 114 Å². The van der Waals surface area contributed by atoms with Crippen LogP contribution < -0.4 is 4.74 Å². The number of ether oxygens (including phenoxy) is 1. The molecule has 2 aromatic rings. The summed E-state index contributed by atoms with van der Waals surface area (Å²) in [6.45, 7) is 1.97. The van der Waals surface area contributed by atoms with Crippen molar-refractivity contribution >= 4 is 28.7 Å². The number of aryl methyl sites for hydroxylation is 1. The van der Waals surface area contributed by atoms with Crippen LogP contribution in [0.3, 0.4) is 0 Å². The van der Waals surface area contributed by atoms with Gasteiger partial charge in [-0.3, -0.25) is 0 Å². The standard InChI is InChI=1S/C13H13IN2O/c1-10-8-16(9-15-10)12-4-3-11(5-6-14)7-13(12)17-2/h3-9H,1-2H3/b6-5+. The summed E-state index contributed by atoms with van der Waals surface area (Å²) in [5.41, 5.74) is 3.11. The Morgan fingerprint density at radius 3 is 2.82 bits per heavy atom. The molecule has 1 heterocycles. The highest BCUT2D eigenvalue weighted by Gasteiger charge is 2.05. The Hall–Kier alpha value is -1.30. The second-order valence-electron chi connectivity index (χ2n) is 3.65. The van der Waals surface area contributed by atoms with E-state index in [2.05, 4.69) is 33.6 Å². The van der Waals surface area contributed by atoms with Crippen LogP contribution in [0.2, 0.25) is 0 Å². The van der Waals surface area contributed by atoms with Gasteiger partial charge in [0.1, 0.15) is 5.75 Å². The lowest BCUT2D eigenvalue weighted by Gasteiger charge is -2.09. The number of hydrogen-bond donors (Lipinski definition) is 0. The van der Waals surface area contributed by atoms with Crippen LogP contribution in [0.15, 0.2) is 34.8 Å². The second kappa shape index (κ2) is 5.35. The van der Waals surface area contributed by atoms with Crippen molar-refractivity contribution in [3.05, 3.63) is 46.1 Å². The predicted molar refractivity (Wildman–Crippen MR) is 77.9 cm³/mol. The summed E-state index contributed by atoms with van der Waals surface area (Å²) in [6.07, 6.45) is 5.80. The third-order valence-electron chi connectivity index (χ3n) is 2.45. The molecule has 0 bridgehead atoms. The van der Waals surface area contributed by atoms with Gasteiger partial charge in [0.2, 0.25) is 0 Å². The van der Waals surface area contributed by atoms with E-state index in [1.54, 1.807) is 13.4 Å². The van der Waals surface area contributed by atoms with Crippen LogP contribution in [0.1, 0.15) is 11.3 Å². The molecular formula is C13H13IN2O. The topological polar surface area (TPSA) is 27.1 Å². The van der Waals surface area contributed by atoms with E-state index in [9.17, 15) is 0 Å². The number of nitrogens with zero attached hydrogens (tertiary/aromatic N) is 2. The van der Waals surface area contributed by atoms with Gasteiger partial charge < -0.3 is 9.30 Å². The number of benzene rings is 1. The summed E-state index contributed by atoms with van der Waals surface area (Å²) in [6, 6.07) is 6.11. The maximum absolute atomic E-state index is 5.41. The number of aromatic nitrogens is 2. The lowest BCUT2D eigenvalue weighted by molar-refractivity contribution is 0.413. The van der Waals surface area contributed by atoms with E-state index in [-0.39, 0.29) is 0 Å². The van der Waals surface area contributed by atoms with Gasteiger partial charge in [-0.15, -0.1) is 0 Å². The molecule has 4 heteroatoms. The van der Waals surface area contributed by atoms with E-state index >= 15 is 0 Å². The minimum atomic E-state index is 0.842. The average Bonchev–Trinajstić information content (AvgIpc) is 2.76. The molecule has 0 aliphatic heterocycles. The first kappa shape index (κ1) is 12.2. The van der Waals surface area contributed by atoms with Crippen LogP contribution in [0, 0.1) is 6.92 Å². The molecule has 1 aromatic heterocycles. The fraction of sp³-hybridized carbons (Fsp3) is 0.154. The molecule has 0 aliphatic carbocycles. The molecule has 2 rings (SSSR count). The van der Waals surface area contributed by atoms with Gasteiger partial charge in [-0.2, -0.15) is 0 Å². The van der Waals surface area contributed by atoms with Gasteiger partial charge in [0.05, 0.1) is 24.8 Å². The molecule has 3 nitrogen and oxygen atoms in total. The SMILES string of the molecule is COc1cc(/C=C/I)ccc1-n1cnc(C)c1. The molecule has 88 valence electrons. The van der Waals surface area contributed by atoms with Crippen molar-refractivity contribution in [1.29, 1.82) is 0 Å². The highest BCUT2D eigenvalue weighted by atomic mass is 127. The zero-order valence-corrected chi connectivity index (χ0v) is 11.9. The van der Waals surface area contributed by atoms with Gasteiger partial charge in [0.25, 0.3) is 0 Å². The number of rotatable bonds is 3. The molecule has 0 atom stereocenters. The Bertz CT molecular complexity index is 546. The molecule has 0 radical (unpaired) electrons. The highest BCUT2D eigenvalue weighted by Crippen LogP contribution is 2.25. The van der Waals surface area contributed by atoms with Crippen molar-refractivity contribution in [1.82, 2.24) is 9.55 Å². The molecule has 0 amide bonds. The van der Waals surface area contributed by atoms with Crippen molar-refractivity contribution in [2.75, 3.05) is 7.11 Å². The van der Waals surface area contributed by atoms with Crippen LogP contribution in [0.25, 0.3) is 11.8 Å². The van der Waals surface area contributed by atoms with E-state index in [0.717, 1.165) is 22.7 Å². The quantitative estimate of drug-likeness (QED) is 0.799. The third-order valence-corrected chi connectivity index (χ3v) is 2.81. The Morgan fingerprint density at radius 2 is 2.24 bits per heavy atom. The normalized spacial score (nSPS) is 11.0. The number of imidazole rings is 1. The van der Waals surface area contributed by atoms with Crippen molar-refractivity contribution in [3.63, 3.8) is 0 Å². The molecule has 0 spiro atoms. The van der Waals surface area contributed by atoms with Crippen molar-refractivity contribution in [2.24, 2.45) is 0 Å². The second-order valence-corrected chi connectivity index (χ2v) is 4.37. The summed E-state index contributed by atoms with van der Waals surface area (Å²) < 4.78 is 9.35. The number of methoxy groups -OCH3 is 1. The van der Waals surface area contributed by atoms with E-state index in [0.29, 0.717) is 0 Å². The molecule has 0 saturated carbocycles. The Balaban J connectivity index is 2.47. The van der Waals surface area contributed by atoms with Crippen molar-refractivity contribution < 1.29 is 4.74 Å². The van der Waals surface area contributed by atoms with Crippen LogP contribution >= 0.6 is 22.6 Å². The molecule has 0 aliphatic rings. The molecule has 0 unspecified atom stereocenters. The summed E-state index contributed by atoms with van der Waals surface area (Å²) in [5, 5.41) is 0. The maximum atomic E-state index is 5.41. The van der Waals surface area contributed by atoms with E-state index < -0.39 is 0 Å². The van der Waals surface area contributed by atoms with Gasteiger partial charge in [0.15, 0.2) is 0 Å². The van der Waals surface area contributed by atoms with Crippen molar-refractivity contribution in [3.8, 4) is 11.4 Å². The first-order valence-electron chi connectivity index (χ1n) is 5.20. The van der Waals surface area contributed by atoms with E-state index in [1.165, 1.54) is 0 Å². The lowest BCUT2D eigenvalue weighted by Crippen LogP contribution is -1.95. The Morgan fingerprint density at radius 1 is 1.41 bits per heavy atom. The monoisotopic (exact) mass is 340 g/mol. The first-order valence-corrected chi connectivity index (χ1v) is 6.45. The molecule has 17 heavy (non-hydrogen) atoms. The smallest absolute Gasteiger partial charge is 0.143 e. The average molecular weight is 340 g/mol. The largest absolute Gasteiger partial charge is 0.495 e.